The van der Waals surface area contributed by atoms with Crippen molar-refractivity contribution in [3.63, 3.8) is 0 Å². The monoisotopic (exact) mass is 415 g/mol. The van der Waals surface area contributed by atoms with Gasteiger partial charge in [0, 0.05) is 23.2 Å². The molecule has 1 unspecified atom stereocenters. The van der Waals surface area contributed by atoms with Crippen molar-refractivity contribution in [3.05, 3.63) is 66.2 Å². The fraction of sp³-hybridized carbons (Fsp3) is 0.150. The summed E-state index contributed by atoms with van der Waals surface area (Å²) < 4.78 is 38.9. The van der Waals surface area contributed by atoms with E-state index in [1.807, 2.05) is 49.5 Å². The van der Waals surface area contributed by atoms with Gasteiger partial charge >= 0.3 is 6.18 Å². The number of nitrogens with two attached hydrogens (primary N) is 1. The molecule has 148 valence electrons. The molecule has 5 nitrogen and oxygen atoms in total. The Balaban J connectivity index is 1.66. The van der Waals surface area contributed by atoms with E-state index in [4.69, 9.17) is 5.73 Å². The molecule has 0 radical (unpaired) electrons. The third-order valence-corrected chi connectivity index (χ3v) is 5.38. The second kappa shape index (κ2) is 7.40. The van der Waals surface area contributed by atoms with Crippen LogP contribution >= 0.6 is 11.8 Å². The maximum atomic E-state index is 13.0. The Labute approximate surface area is 168 Å². The van der Waals surface area contributed by atoms with Crippen molar-refractivity contribution in [3.8, 4) is 11.1 Å². The van der Waals surface area contributed by atoms with Crippen LogP contribution in [0.25, 0.3) is 22.0 Å². The molecule has 3 aromatic heterocycles. The maximum Gasteiger partial charge on any atom is 0.433 e. The van der Waals surface area contributed by atoms with Crippen LogP contribution in [0.2, 0.25) is 0 Å². The minimum absolute atomic E-state index is 0.0379. The molecule has 1 atom stereocenters. The number of alkyl halides is 3. The van der Waals surface area contributed by atoms with Crippen LogP contribution in [0.1, 0.15) is 23.6 Å². The number of hydrogen-bond acceptors (Lipinski definition) is 5. The van der Waals surface area contributed by atoms with Gasteiger partial charge in [0.1, 0.15) is 5.82 Å². The summed E-state index contributed by atoms with van der Waals surface area (Å²) in [5.41, 5.74) is 8.15. The van der Waals surface area contributed by atoms with Crippen LogP contribution in [0.3, 0.4) is 0 Å². The second-order valence-electron chi connectivity index (χ2n) is 6.44. The van der Waals surface area contributed by atoms with E-state index in [0.29, 0.717) is 5.69 Å². The molecule has 0 aliphatic carbocycles. The van der Waals surface area contributed by atoms with Crippen molar-refractivity contribution in [1.29, 1.82) is 0 Å². The van der Waals surface area contributed by atoms with Crippen LogP contribution in [0.15, 0.2) is 60.0 Å². The molecule has 1 aromatic carbocycles. The van der Waals surface area contributed by atoms with Crippen molar-refractivity contribution in [1.82, 2.24) is 19.9 Å². The number of benzene rings is 1. The highest BCUT2D eigenvalue weighted by molar-refractivity contribution is 7.99. The zero-order valence-electron chi connectivity index (χ0n) is 15.2. The van der Waals surface area contributed by atoms with Crippen LogP contribution in [0, 0.1) is 0 Å². The Morgan fingerprint density at radius 3 is 2.59 bits per heavy atom. The van der Waals surface area contributed by atoms with Gasteiger partial charge in [-0.3, -0.25) is 4.98 Å². The first-order valence-electron chi connectivity index (χ1n) is 8.72. The number of rotatable bonds is 4. The van der Waals surface area contributed by atoms with Crippen LogP contribution in [0.4, 0.5) is 19.0 Å². The topological polar surface area (TPSA) is 80.5 Å². The standard InChI is InChI=1S/C20H16F3N5S/c1-11(29-19-27-17(20(21,22)23)8-18(24)28-19)15-7-13-14(9-25-16(13)10-26-15)12-5-3-2-4-6-12/h2-11,25H,1H3,(H2,24,27,28). The highest BCUT2D eigenvalue weighted by Crippen LogP contribution is 2.37. The number of aromatic amines is 1. The highest BCUT2D eigenvalue weighted by Gasteiger charge is 2.33. The van der Waals surface area contributed by atoms with Crippen LogP contribution in [0.5, 0.6) is 0 Å². The molecule has 9 heteroatoms. The van der Waals surface area contributed by atoms with Crippen molar-refractivity contribution >= 4 is 28.5 Å². The molecule has 0 amide bonds. The number of halogens is 3. The van der Waals surface area contributed by atoms with Crippen LogP contribution in [-0.4, -0.2) is 19.9 Å². The number of hydrogen-bond donors (Lipinski definition) is 2. The predicted molar refractivity (Wildman–Crippen MR) is 107 cm³/mol. The number of nitrogens with zero attached hydrogens (tertiary/aromatic N) is 3. The summed E-state index contributed by atoms with van der Waals surface area (Å²) in [6, 6.07) is 12.6. The average Bonchev–Trinajstić information content (AvgIpc) is 3.10. The van der Waals surface area contributed by atoms with Crippen molar-refractivity contribution in [2.75, 3.05) is 5.73 Å². The third-order valence-electron chi connectivity index (χ3n) is 4.39. The molecule has 4 aromatic rings. The SMILES string of the molecule is CC(Sc1nc(N)cc(C(F)(F)F)n1)c1cc2c(-c3ccccc3)c[nH]c2cn1. The number of nitrogens with one attached hydrogen (secondary N) is 1. The van der Waals surface area contributed by atoms with Gasteiger partial charge in [-0.1, -0.05) is 42.1 Å². The molecular weight excluding hydrogens is 399 g/mol. The molecule has 3 N–H and O–H groups in total. The molecule has 0 saturated heterocycles. The van der Waals surface area contributed by atoms with E-state index in [0.717, 1.165) is 39.9 Å². The predicted octanol–water partition coefficient (Wildman–Crippen LogP) is 5.47. The number of pyridine rings is 1. The zero-order chi connectivity index (χ0) is 20.6. The lowest BCUT2D eigenvalue weighted by Gasteiger charge is -2.12. The quantitative estimate of drug-likeness (QED) is 0.341. The summed E-state index contributed by atoms with van der Waals surface area (Å²) in [5, 5.41) is 0.669. The number of aromatic nitrogens is 4. The van der Waals surface area contributed by atoms with Gasteiger partial charge in [0.25, 0.3) is 0 Å². The van der Waals surface area contributed by atoms with Crippen molar-refractivity contribution in [2.45, 2.75) is 23.5 Å². The smallest absolute Gasteiger partial charge is 0.384 e. The number of fused-ring (bicyclic) bond motifs is 1. The first-order valence-corrected chi connectivity index (χ1v) is 9.60. The van der Waals surface area contributed by atoms with E-state index in [9.17, 15) is 13.2 Å². The van der Waals surface area contributed by atoms with Crippen molar-refractivity contribution in [2.24, 2.45) is 0 Å². The van der Waals surface area contributed by atoms with E-state index in [1.165, 1.54) is 0 Å². The second-order valence-corrected chi connectivity index (χ2v) is 7.75. The van der Waals surface area contributed by atoms with Gasteiger partial charge in [-0.05, 0) is 18.6 Å². The molecule has 0 spiro atoms. The molecule has 0 aliphatic rings. The Hall–Kier alpha value is -3.07. The van der Waals surface area contributed by atoms with E-state index in [2.05, 4.69) is 19.9 Å². The summed E-state index contributed by atoms with van der Waals surface area (Å²) in [4.78, 5) is 15.2. The lowest BCUT2D eigenvalue weighted by Crippen LogP contribution is -2.11. The molecule has 0 fully saturated rings. The average molecular weight is 415 g/mol. The van der Waals surface area contributed by atoms with Gasteiger partial charge < -0.3 is 10.7 Å². The van der Waals surface area contributed by atoms with E-state index < -0.39 is 11.9 Å². The summed E-state index contributed by atoms with van der Waals surface area (Å²) in [5.74, 6) is -0.220. The van der Waals surface area contributed by atoms with E-state index >= 15 is 0 Å². The Bertz CT molecular complexity index is 1160. The van der Waals surface area contributed by atoms with Gasteiger partial charge in [0.2, 0.25) is 0 Å². The molecule has 0 aliphatic heterocycles. The summed E-state index contributed by atoms with van der Waals surface area (Å²) in [7, 11) is 0. The largest absolute Gasteiger partial charge is 0.433 e. The van der Waals surface area contributed by atoms with Gasteiger partial charge in [-0.15, -0.1) is 0 Å². The van der Waals surface area contributed by atoms with Crippen LogP contribution in [-0.2, 0) is 6.18 Å². The summed E-state index contributed by atoms with van der Waals surface area (Å²) in [6.07, 6.45) is -0.947. The van der Waals surface area contributed by atoms with Crippen LogP contribution < -0.4 is 5.73 Å². The fourth-order valence-corrected chi connectivity index (χ4v) is 3.85. The van der Waals surface area contributed by atoms with Gasteiger partial charge in [0.05, 0.1) is 22.7 Å². The number of H-pyrrole nitrogens is 1. The minimum Gasteiger partial charge on any atom is -0.384 e. The summed E-state index contributed by atoms with van der Waals surface area (Å²) >= 11 is 1.08. The Morgan fingerprint density at radius 2 is 1.86 bits per heavy atom. The van der Waals surface area contributed by atoms with Crippen molar-refractivity contribution < 1.29 is 13.2 Å². The molecule has 4 rings (SSSR count). The molecule has 3 heterocycles. The van der Waals surface area contributed by atoms with E-state index in [1.54, 1.807) is 6.20 Å². The highest BCUT2D eigenvalue weighted by atomic mass is 32.2. The van der Waals surface area contributed by atoms with E-state index in [-0.39, 0.29) is 16.2 Å². The molecule has 0 saturated carbocycles. The Kier molecular flexibility index (Phi) is 4.91. The third kappa shape index (κ3) is 4.04. The van der Waals surface area contributed by atoms with Gasteiger partial charge in [-0.25, -0.2) is 9.97 Å². The number of thioether (sulfide) groups is 1. The number of nitrogen functional groups attached to an aromatic ring is 1. The molecular formula is C20H16F3N5S. The molecule has 29 heavy (non-hydrogen) atoms. The van der Waals surface area contributed by atoms with Gasteiger partial charge in [-0.2, -0.15) is 13.2 Å². The fourth-order valence-electron chi connectivity index (χ4n) is 2.98. The first kappa shape index (κ1) is 19.3. The normalized spacial score (nSPS) is 13.0. The van der Waals surface area contributed by atoms with Gasteiger partial charge in [0.15, 0.2) is 10.9 Å². The lowest BCUT2D eigenvalue weighted by atomic mass is 10.0. The summed E-state index contributed by atoms with van der Waals surface area (Å²) in [6.45, 7) is 1.84. The zero-order valence-corrected chi connectivity index (χ0v) is 16.1. The lowest BCUT2D eigenvalue weighted by molar-refractivity contribution is -0.141. The Morgan fingerprint density at radius 1 is 1.10 bits per heavy atom. The molecule has 0 bridgehead atoms. The minimum atomic E-state index is -4.58. The first-order chi connectivity index (χ1) is 13.8. The number of anilines is 1. The maximum absolute atomic E-state index is 13.0.